The fraction of sp³-hybridized carbons (Fsp3) is 0.636. The van der Waals surface area contributed by atoms with Crippen molar-refractivity contribution in [1.82, 2.24) is 10.9 Å². The molecule has 0 aromatic heterocycles. The minimum absolute atomic E-state index is 0.00107. The standard InChI is InChI=1S/C22H29BrN2O3/c1-2-3-19(28-18-6-4-17(23)5-7-18)20(26)24-25-21(27)22-11-14-8-15(12-22)10-16(9-14)13-22/h4-7,14-16,19H,2-3,8-13H2,1H3,(H,24,26)(H,25,27)/t14?,15?,16?,19-,22?/m0/s1. The van der Waals surface area contributed by atoms with E-state index < -0.39 is 6.10 Å². The Morgan fingerprint density at radius 1 is 1.07 bits per heavy atom. The lowest BCUT2D eigenvalue weighted by Gasteiger charge is -2.55. The number of ether oxygens (including phenoxy) is 1. The minimum atomic E-state index is -0.622. The van der Waals surface area contributed by atoms with Crippen LogP contribution < -0.4 is 15.6 Å². The third-order valence-corrected chi connectivity index (χ3v) is 7.28. The average Bonchev–Trinajstić information content (AvgIpc) is 2.66. The van der Waals surface area contributed by atoms with Crippen LogP contribution in [0.3, 0.4) is 0 Å². The highest BCUT2D eigenvalue weighted by atomic mass is 79.9. The third-order valence-electron chi connectivity index (χ3n) is 6.75. The largest absolute Gasteiger partial charge is 0.481 e. The van der Waals surface area contributed by atoms with Crippen LogP contribution in [0.1, 0.15) is 58.3 Å². The van der Waals surface area contributed by atoms with Crippen molar-refractivity contribution < 1.29 is 14.3 Å². The van der Waals surface area contributed by atoms with Gasteiger partial charge in [-0.2, -0.15) is 0 Å². The monoisotopic (exact) mass is 448 g/mol. The molecule has 0 saturated heterocycles. The maximum atomic E-state index is 13.0. The summed E-state index contributed by atoms with van der Waals surface area (Å²) < 4.78 is 6.83. The molecule has 2 amide bonds. The maximum absolute atomic E-state index is 13.0. The Balaban J connectivity index is 1.35. The van der Waals surface area contributed by atoms with Gasteiger partial charge in [0.05, 0.1) is 5.41 Å². The van der Waals surface area contributed by atoms with E-state index in [0.717, 1.165) is 30.2 Å². The minimum Gasteiger partial charge on any atom is -0.481 e. The van der Waals surface area contributed by atoms with E-state index in [1.54, 1.807) is 0 Å². The molecule has 5 nitrogen and oxygen atoms in total. The van der Waals surface area contributed by atoms with Gasteiger partial charge in [0.2, 0.25) is 5.91 Å². The molecule has 4 aliphatic carbocycles. The lowest BCUT2D eigenvalue weighted by molar-refractivity contribution is -0.149. The molecule has 4 aliphatic rings. The van der Waals surface area contributed by atoms with E-state index in [1.165, 1.54) is 19.3 Å². The van der Waals surface area contributed by atoms with Gasteiger partial charge in [-0.1, -0.05) is 29.3 Å². The van der Waals surface area contributed by atoms with Gasteiger partial charge in [-0.3, -0.25) is 20.4 Å². The van der Waals surface area contributed by atoms with Crippen LogP contribution in [-0.2, 0) is 9.59 Å². The Hall–Kier alpha value is -1.56. The Bertz CT molecular complexity index is 699. The molecule has 1 atom stereocenters. The summed E-state index contributed by atoms with van der Waals surface area (Å²) in [7, 11) is 0. The van der Waals surface area contributed by atoms with Gasteiger partial charge in [0.25, 0.3) is 5.91 Å². The van der Waals surface area contributed by atoms with Crippen LogP contribution in [0.4, 0.5) is 0 Å². The summed E-state index contributed by atoms with van der Waals surface area (Å²) >= 11 is 3.40. The van der Waals surface area contributed by atoms with Gasteiger partial charge in [-0.05, 0) is 87.0 Å². The number of amides is 2. The summed E-state index contributed by atoms with van der Waals surface area (Å²) in [5.41, 5.74) is 5.13. The second kappa shape index (κ2) is 8.05. The summed E-state index contributed by atoms with van der Waals surface area (Å²) in [5, 5.41) is 0. The first-order valence-corrected chi connectivity index (χ1v) is 11.3. The molecule has 4 saturated carbocycles. The van der Waals surface area contributed by atoms with Gasteiger partial charge in [0.15, 0.2) is 6.10 Å². The van der Waals surface area contributed by atoms with Crippen molar-refractivity contribution in [3.63, 3.8) is 0 Å². The first kappa shape index (κ1) is 19.7. The van der Waals surface area contributed by atoms with Crippen molar-refractivity contribution in [3.8, 4) is 5.75 Å². The molecular formula is C22H29BrN2O3. The van der Waals surface area contributed by atoms with Gasteiger partial charge in [-0.25, -0.2) is 0 Å². The van der Waals surface area contributed by atoms with Gasteiger partial charge in [0.1, 0.15) is 5.75 Å². The van der Waals surface area contributed by atoms with Gasteiger partial charge >= 0.3 is 0 Å². The lowest BCUT2D eigenvalue weighted by Crippen LogP contribution is -2.58. The van der Waals surface area contributed by atoms with E-state index in [4.69, 9.17) is 4.74 Å². The number of rotatable bonds is 6. The van der Waals surface area contributed by atoms with Crippen LogP contribution in [0, 0.1) is 23.2 Å². The number of carbonyl (C=O) groups excluding carboxylic acids is 2. The summed E-state index contributed by atoms with van der Waals surface area (Å²) in [5.74, 6) is 2.44. The number of benzene rings is 1. The number of hydrogen-bond acceptors (Lipinski definition) is 3. The number of halogens is 1. The first-order chi connectivity index (χ1) is 13.5. The number of hydrogen-bond donors (Lipinski definition) is 2. The molecule has 0 radical (unpaired) electrons. The van der Waals surface area contributed by atoms with Crippen molar-refractivity contribution in [2.24, 2.45) is 23.2 Å². The molecule has 1 aromatic carbocycles. The Labute approximate surface area is 175 Å². The molecule has 4 bridgehead atoms. The van der Waals surface area contributed by atoms with Crippen molar-refractivity contribution >= 4 is 27.7 Å². The molecule has 0 unspecified atom stereocenters. The van der Waals surface area contributed by atoms with Crippen LogP contribution in [0.15, 0.2) is 28.7 Å². The van der Waals surface area contributed by atoms with Crippen molar-refractivity contribution in [3.05, 3.63) is 28.7 Å². The molecule has 0 heterocycles. The Kier molecular flexibility index (Phi) is 5.68. The molecule has 1 aromatic rings. The number of carbonyl (C=O) groups is 2. The zero-order valence-electron chi connectivity index (χ0n) is 16.4. The van der Waals surface area contributed by atoms with Crippen LogP contribution in [-0.4, -0.2) is 17.9 Å². The van der Waals surface area contributed by atoms with Crippen molar-refractivity contribution in [2.45, 2.75) is 64.4 Å². The van der Waals surface area contributed by atoms with Gasteiger partial charge in [0, 0.05) is 4.47 Å². The molecule has 5 rings (SSSR count). The Morgan fingerprint density at radius 2 is 1.64 bits per heavy atom. The molecule has 152 valence electrons. The van der Waals surface area contributed by atoms with Crippen molar-refractivity contribution in [2.75, 3.05) is 0 Å². The lowest BCUT2D eigenvalue weighted by atomic mass is 9.49. The summed E-state index contributed by atoms with van der Waals surface area (Å²) in [6.45, 7) is 2.01. The molecule has 2 N–H and O–H groups in total. The molecule has 6 heteroatoms. The predicted molar refractivity (Wildman–Crippen MR) is 110 cm³/mol. The first-order valence-electron chi connectivity index (χ1n) is 10.5. The van der Waals surface area contributed by atoms with Crippen LogP contribution >= 0.6 is 15.9 Å². The number of nitrogens with one attached hydrogen (secondary N) is 2. The molecular weight excluding hydrogens is 420 g/mol. The summed E-state index contributed by atoms with van der Waals surface area (Å²) in [6.07, 6.45) is 7.60. The van der Waals surface area contributed by atoms with Crippen LogP contribution in [0.2, 0.25) is 0 Å². The molecule has 0 spiro atoms. The highest BCUT2D eigenvalue weighted by Crippen LogP contribution is 2.60. The van der Waals surface area contributed by atoms with E-state index >= 15 is 0 Å². The SMILES string of the molecule is CCC[C@H](Oc1ccc(Br)cc1)C(=O)NNC(=O)C12CC3CC(CC(C3)C1)C2. The second-order valence-electron chi connectivity index (χ2n) is 8.99. The molecule has 0 aliphatic heterocycles. The zero-order valence-corrected chi connectivity index (χ0v) is 18.0. The molecule has 4 fully saturated rings. The van der Waals surface area contributed by atoms with E-state index in [9.17, 15) is 9.59 Å². The van der Waals surface area contributed by atoms with Crippen molar-refractivity contribution in [1.29, 1.82) is 0 Å². The topological polar surface area (TPSA) is 67.4 Å². The highest BCUT2D eigenvalue weighted by Gasteiger charge is 2.54. The van der Waals surface area contributed by atoms with E-state index in [1.807, 2.05) is 31.2 Å². The normalized spacial score (nSPS) is 31.3. The zero-order chi connectivity index (χ0) is 19.7. The summed E-state index contributed by atoms with van der Waals surface area (Å²) in [4.78, 5) is 25.7. The third kappa shape index (κ3) is 4.07. The Morgan fingerprint density at radius 3 is 2.18 bits per heavy atom. The second-order valence-corrected chi connectivity index (χ2v) is 9.91. The van der Waals surface area contributed by atoms with Gasteiger partial charge < -0.3 is 4.74 Å². The molecule has 28 heavy (non-hydrogen) atoms. The van der Waals surface area contributed by atoms with E-state index in [0.29, 0.717) is 29.9 Å². The predicted octanol–water partition coefficient (Wildman–Crippen LogP) is 4.36. The fourth-order valence-corrected chi connectivity index (χ4v) is 6.17. The van der Waals surface area contributed by atoms with Crippen LogP contribution in [0.5, 0.6) is 5.75 Å². The quantitative estimate of drug-likeness (QED) is 0.635. The van der Waals surface area contributed by atoms with Gasteiger partial charge in [-0.15, -0.1) is 0 Å². The maximum Gasteiger partial charge on any atom is 0.279 e. The fourth-order valence-electron chi connectivity index (χ4n) is 5.90. The number of hydrazine groups is 1. The highest BCUT2D eigenvalue weighted by molar-refractivity contribution is 9.10. The smallest absolute Gasteiger partial charge is 0.279 e. The average molecular weight is 449 g/mol. The van der Waals surface area contributed by atoms with Crippen LogP contribution in [0.25, 0.3) is 0 Å². The van der Waals surface area contributed by atoms with E-state index in [2.05, 4.69) is 26.8 Å². The summed E-state index contributed by atoms with van der Waals surface area (Å²) in [6, 6.07) is 7.41. The van der Waals surface area contributed by atoms with E-state index in [-0.39, 0.29) is 17.2 Å².